The topological polar surface area (TPSA) is 84.5 Å². The van der Waals surface area contributed by atoms with E-state index in [1.165, 1.54) is 12.1 Å². The quantitative estimate of drug-likeness (QED) is 0.871. The third kappa shape index (κ3) is 4.48. The van der Waals surface area contributed by atoms with E-state index in [0.717, 1.165) is 0 Å². The van der Waals surface area contributed by atoms with E-state index < -0.39 is 21.7 Å². The van der Waals surface area contributed by atoms with Crippen LogP contribution in [0.15, 0.2) is 23.1 Å². The molecule has 1 aromatic carbocycles. The lowest BCUT2D eigenvalue weighted by Gasteiger charge is -2.33. The van der Waals surface area contributed by atoms with Gasteiger partial charge in [0.1, 0.15) is 5.75 Å². The Hall–Kier alpha value is -1.60. The molecule has 6 nitrogen and oxygen atoms in total. The van der Waals surface area contributed by atoms with Crippen LogP contribution < -0.4 is 14.8 Å². The van der Waals surface area contributed by atoms with Gasteiger partial charge in [-0.1, -0.05) is 20.8 Å². The van der Waals surface area contributed by atoms with Crippen molar-refractivity contribution >= 4 is 21.6 Å². The molecule has 0 saturated heterocycles. The second-order valence-electron chi connectivity index (χ2n) is 8.13. The Bertz CT molecular complexity index is 748. The number of carbonyl (C=O) groups is 1. The van der Waals surface area contributed by atoms with E-state index in [2.05, 4.69) is 30.8 Å². The zero-order chi connectivity index (χ0) is 18.3. The van der Waals surface area contributed by atoms with Crippen LogP contribution in [0.5, 0.6) is 5.75 Å². The molecule has 0 aromatic heterocycles. The number of rotatable bonds is 4. The van der Waals surface area contributed by atoms with Gasteiger partial charge in [0.05, 0.1) is 10.6 Å². The second-order valence-corrected chi connectivity index (χ2v) is 9.82. The Kier molecular flexibility index (Phi) is 4.71. The van der Waals surface area contributed by atoms with E-state index in [-0.39, 0.29) is 16.2 Å². The summed E-state index contributed by atoms with van der Waals surface area (Å²) in [6.07, 6.45) is 0.0884. The summed E-state index contributed by atoms with van der Waals surface area (Å²) in [5.74, 6) is 0.174. The van der Waals surface area contributed by atoms with E-state index in [9.17, 15) is 13.2 Å². The zero-order valence-corrected chi connectivity index (χ0v) is 15.9. The summed E-state index contributed by atoms with van der Waals surface area (Å²) in [5.41, 5.74) is -0.240. The number of carbonyl (C=O) groups excluding carboxylic acids is 1. The van der Waals surface area contributed by atoms with Gasteiger partial charge in [-0.25, -0.2) is 13.1 Å². The number of sulfonamides is 1. The SMILES string of the molecule is CC1Oc2ccc(S(=O)(=O)NC(C)(C)CC(C)(C)C)cc2NC1=O. The first-order valence-corrected chi connectivity index (χ1v) is 9.43. The van der Waals surface area contributed by atoms with Crippen molar-refractivity contribution in [3.8, 4) is 5.75 Å². The fourth-order valence-corrected chi connectivity index (χ4v) is 4.58. The molecule has 1 atom stereocenters. The van der Waals surface area contributed by atoms with Crippen molar-refractivity contribution in [2.24, 2.45) is 5.41 Å². The Labute approximate surface area is 144 Å². The van der Waals surface area contributed by atoms with Crippen molar-refractivity contribution in [3.05, 3.63) is 18.2 Å². The maximum absolute atomic E-state index is 12.7. The molecule has 7 heteroatoms. The maximum atomic E-state index is 12.7. The number of benzene rings is 1. The number of ether oxygens (including phenoxy) is 1. The molecule has 1 aliphatic rings. The third-order valence-electron chi connectivity index (χ3n) is 3.58. The highest BCUT2D eigenvalue weighted by atomic mass is 32.2. The molecule has 1 heterocycles. The number of amides is 1. The first-order valence-electron chi connectivity index (χ1n) is 7.95. The van der Waals surface area contributed by atoms with Gasteiger partial charge in [-0.2, -0.15) is 0 Å². The standard InChI is InChI=1S/C17H26N2O4S/c1-11-15(20)18-13-9-12(7-8-14(13)23-11)24(21,22)19-17(5,6)10-16(2,3)4/h7-9,11,19H,10H2,1-6H3,(H,18,20). The maximum Gasteiger partial charge on any atom is 0.265 e. The van der Waals surface area contributed by atoms with Crippen LogP contribution in [0.25, 0.3) is 0 Å². The van der Waals surface area contributed by atoms with E-state index >= 15 is 0 Å². The molecule has 0 aliphatic carbocycles. The lowest BCUT2D eigenvalue weighted by molar-refractivity contribution is -0.122. The van der Waals surface area contributed by atoms with Crippen LogP contribution in [0, 0.1) is 5.41 Å². The van der Waals surface area contributed by atoms with Gasteiger partial charge in [0.15, 0.2) is 6.10 Å². The molecule has 1 amide bonds. The molecule has 0 spiro atoms. The Morgan fingerprint density at radius 3 is 2.42 bits per heavy atom. The van der Waals surface area contributed by atoms with Crippen molar-refractivity contribution in [1.82, 2.24) is 4.72 Å². The molecule has 2 rings (SSSR count). The predicted molar refractivity (Wildman–Crippen MR) is 93.6 cm³/mol. The summed E-state index contributed by atoms with van der Waals surface area (Å²) in [4.78, 5) is 11.8. The third-order valence-corrected chi connectivity index (χ3v) is 5.27. The minimum Gasteiger partial charge on any atom is -0.479 e. The molecule has 0 saturated carbocycles. The summed E-state index contributed by atoms with van der Waals surface area (Å²) in [7, 11) is -3.71. The molecule has 1 unspecified atom stereocenters. The Morgan fingerprint density at radius 1 is 1.21 bits per heavy atom. The van der Waals surface area contributed by atoms with Crippen LogP contribution in [0.1, 0.15) is 48.0 Å². The molecule has 24 heavy (non-hydrogen) atoms. The lowest BCUT2D eigenvalue weighted by Crippen LogP contribution is -2.45. The molecular formula is C17H26N2O4S. The second kappa shape index (κ2) is 6.04. The zero-order valence-electron chi connectivity index (χ0n) is 15.1. The smallest absolute Gasteiger partial charge is 0.265 e. The summed E-state index contributed by atoms with van der Waals surface area (Å²) >= 11 is 0. The highest BCUT2D eigenvalue weighted by molar-refractivity contribution is 7.89. The molecule has 0 fully saturated rings. The predicted octanol–water partition coefficient (Wildman–Crippen LogP) is 2.90. The van der Waals surface area contributed by atoms with Gasteiger partial charge in [-0.05, 0) is 50.8 Å². The Morgan fingerprint density at radius 2 is 1.83 bits per heavy atom. The fraction of sp³-hybridized carbons (Fsp3) is 0.588. The summed E-state index contributed by atoms with van der Waals surface area (Å²) in [6.45, 7) is 11.6. The largest absolute Gasteiger partial charge is 0.479 e. The van der Waals surface area contributed by atoms with Gasteiger partial charge in [0.2, 0.25) is 10.0 Å². The highest BCUT2D eigenvalue weighted by Crippen LogP contribution is 2.33. The van der Waals surface area contributed by atoms with Crippen molar-refractivity contribution in [2.75, 3.05) is 5.32 Å². The molecule has 1 aromatic rings. The average Bonchev–Trinajstić information content (AvgIpc) is 2.35. The van der Waals surface area contributed by atoms with Crippen molar-refractivity contribution < 1.29 is 17.9 Å². The molecule has 0 bridgehead atoms. The van der Waals surface area contributed by atoms with Gasteiger partial charge in [0, 0.05) is 5.54 Å². The normalized spacial score (nSPS) is 18.6. The van der Waals surface area contributed by atoms with Crippen molar-refractivity contribution in [1.29, 1.82) is 0 Å². The van der Waals surface area contributed by atoms with Gasteiger partial charge in [-0.3, -0.25) is 4.79 Å². The van der Waals surface area contributed by atoms with Crippen LogP contribution in [-0.2, 0) is 14.8 Å². The van der Waals surface area contributed by atoms with E-state index in [1.54, 1.807) is 13.0 Å². The number of hydrogen-bond donors (Lipinski definition) is 2. The van der Waals surface area contributed by atoms with Crippen LogP contribution in [0.2, 0.25) is 0 Å². The van der Waals surface area contributed by atoms with Gasteiger partial charge in [-0.15, -0.1) is 0 Å². The van der Waals surface area contributed by atoms with Crippen molar-refractivity contribution in [3.63, 3.8) is 0 Å². The monoisotopic (exact) mass is 354 g/mol. The Balaban J connectivity index is 2.28. The minimum atomic E-state index is -3.71. The first-order chi connectivity index (χ1) is 10.8. The van der Waals surface area contributed by atoms with Crippen LogP contribution in [-0.4, -0.2) is 26.0 Å². The molecule has 134 valence electrons. The van der Waals surface area contributed by atoms with Gasteiger partial charge < -0.3 is 10.1 Å². The van der Waals surface area contributed by atoms with E-state index in [1.807, 2.05) is 13.8 Å². The van der Waals surface area contributed by atoms with Gasteiger partial charge in [0.25, 0.3) is 5.91 Å². The number of anilines is 1. The summed E-state index contributed by atoms with van der Waals surface area (Å²) in [5, 5.41) is 2.67. The van der Waals surface area contributed by atoms with Crippen LogP contribution in [0.3, 0.4) is 0 Å². The average molecular weight is 354 g/mol. The molecule has 1 aliphatic heterocycles. The lowest BCUT2D eigenvalue weighted by atomic mass is 9.82. The molecular weight excluding hydrogens is 328 g/mol. The fourth-order valence-electron chi connectivity index (χ4n) is 3.14. The molecule has 0 radical (unpaired) electrons. The van der Waals surface area contributed by atoms with Crippen molar-refractivity contribution in [2.45, 2.75) is 64.5 Å². The van der Waals surface area contributed by atoms with Gasteiger partial charge >= 0.3 is 0 Å². The highest BCUT2D eigenvalue weighted by Gasteiger charge is 2.32. The summed E-state index contributed by atoms with van der Waals surface area (Å²) in [6, 6.07) is 4.48. The minimum absolute atomic E-state index is 0.0141. The molecule has 2 N–H and O–H groups in total. The number of nitrogens with one attached hydrogen (secondary N) is 2. The number of fused-ring (bicyclic) bond motifs is 1. The van der Waals surface area contributed by atoms with Crippen LogP contribution in [0.4, 0.5) is 5.69 Å². The van der Waals surface area contributed by atoms with E-state index in [4.69, 9.17) is 4.74 Å². The summed E-state index contributed by atoms with van der Waals surface area (Å²) < 4.78 is 33.6. The van der Waals surface area contributed by atoms with E-state index in [0.29, 0.717) is 17.9 Å². The number of hydrogen-bond acceptors (Lipinski definition) is 4. The van der Waals surface area contributed by atoms with Crippen LogP contribution >= 0.6 is 0 Å². The first kappa shape index (κ1) is 18.7.